The maximum Gasteiger partial charge on any atom is 0.232 e. The van der Waals surface area contributed by atoms with Gasteiger partial charge in [-0.25, -0.2) is 0 Å². The number of rotatable bonds is 4. The Kier molecular flexibility index (Phi) is 3.88. The number of aromatic nitrogens is 2. The van der Waals surface area contributed by atoms with Gasteiger partial charge >= 0.3 is 0 Å². The number of ether oxygens (including phenoxy) is 1. The summed E-state index contributed by atoms with van der Waals surface area (Å²) < 4.78 is 7.62. The van der Waals surface area contributed by atoms with E-state index in [1.807, 2.05) is 29.2 Å². The average molecular weight is 325 g/mol. The van der Waals surface area contributed by atoms with E-state index >= 15 is 0 Å². The number of methoxy groups -OCH3 is 1. The fourth-order valence-electron chi connectivity index (χ4n) is 4.06. The molecular formula is C19H23N3O2. The number of pyridine rings is 1. The molecule has 1 atom stereocenters. The molecule has 2 aromatic heterocycles. The summed E-state index contributed by atoms with van der Waals surface area (Å²) in [6.07, 6.45) is 6.83. The van der Waals surface area contributed by atoms with Crippen molar-refractivity contribution < 1.29 is 9.53 Å². The van der Waals surface area contributed by atoms with Crippen molar-refractivity contribution in [3.8, 4) is 0 Å². The lowest BCUT2D eigenvalue weighted by Crippen LogP contribution is -2.54. The Hall–Kier alpha value is -2.14. The van der Waals surface area contributed by atoms with Gasteiger partial charge in [0.25, 0.3) is 0 Å². The molecule has 0 saturated heterocycles. The van der Waals surface area contributed by atoms with Gasteiger partial charge in [-0.1, -0.05) is 12.5 Å². The molecule has 4 rings (SSSR count). The Labute approximate surface area is 142 Å². The summed E-state index contributed by atoms with van der Waals surface area (Å²) in [6.45, 7) is 2.06. The van der Waals surface area contributed by atoms with E-state index in [1.54, 1.807) is 13.3 Å². The van der Waals surface area contributed by atoms with Gasteiger partial charge in [0.05, 0.1) is 17.7 Å². The SMILES string of the molecule is COCC1(C(=O)N2CCn3cccc3C2c2ccccn2)CCC1. The molecule has 1 aliphatic carbocycles. The molecule has 5 heteroatoms. The van der Waals surface area contributed by atoms with Crippen LogP contribution in [0, 0.1) is 5.41 Å². The van der Waals surface area contributed by atoms with Gasteiger partial charge in [0.15, 0.2) is 0 Å². The van der Waals surface area contributed by atoms with Gasteiger partial charge in [-0.3, -0.25) is 9.78 Å². The van der Waals surface area contributed by atoms with E-state index in [9.17, 15) is 4.79 Å². The molecule has 3 heterocycles. The van der Waals surface area contributed by atoms with Gasteiger partial charge in [-0.05, 0) is 37.1 Å². The van der Waals surface area contributed by atoms with Crippen molar-refractivity contribution in [2.75, 3.05) is 20.3 Å². The van der Waals surface area contributed by atoms with Crippen LogP contribution < -0.4 is 0 Å². The minimum Gasteiger partial charge on any atom is -0.384 e. The highest BCUT2D eigenvalue weighted by Crippen LogP contribution is 2.45. The average Bonchev–Trinajstić information content (AvgIpc) is 3.06. The standard InChI is InChI=1S/C19H23N3O2/c1-24-14-19(8-5-9-19)18(23)22-13-12-21-11-4-7-16(21)17(22)15-6-2-3-10-20-15/h2-4,6-7,10-11,17H,5,8-9,12-14H2,1H3. The fourth-order valence-corrected chi connectivity index (χ4v) is 4.06. The minimum atomic E-state index is -0.337. The molecule has 2 aliphatic rings. The molecular weight excluding hydrogens is 302 g/mol. The normalized spacial score (nSPS) is 21.9. The van der Waals surface area contributed by atoms with Crippen LogP contribution in [0.15, 0.2) is 42.7 Å². The first-order valence-corrected chi connectivity index (χ1v) is 8.61. The lowest BCUT2D eigenvalue weighted by molar-refractivity contribution is -0.155. The predicted octanol–water partition coefficient (Wildman–Crippen LogP) is 2.63. The van der Waals surface area contributed by atoms with Crippen LogP contribution in [0.2, 0.25) is 0 Å². The van der Waals surface area contributed by atoms with Crippen LogP contribution in [-0.4, -0.2) is 40.6 Å². The summed E-state index contributed by atoms with van der Waals surface area (Å²) in [5.41, 5.74) is 1.73. The molecule has 0 aromatic carbocycles. The Bertz CT molecular complexity index is 721. The van der Waals surface area contributed by atoms with E-state index in [0.717, 1.165) is 37.2 Å². The van der Waals surface area contributed by atoms with Crippen molar-refractivity contribution in [2.24, 2.45) is 5.41 Å². The van der Waals surface area contributed by atoms with E-state index in [2.05, 4.69) is 21.8 Å². The van der Waals surface area contributed by atoms with Crippen molar-refractivity contribution in [3.63, 3.8) is 0 Å². The third-order valence-electron chi connectivity index (χ3n) is 5.45. The smallest absolute Gasteiger partial charge is 0.232 e. The quantitative estimate of drug-likeness (QED) is 0.868. The Morgan fingerprint density at radius 3 is 2.83 bits per heavy atom. The van der Waals surface area contributed by atoms with E-state index in [1.165, 1.54) is 0 Å². The molecule has 1 saturated carbocycles. The van der Waals surface area contributed by atoms with E-state index in [4.69, 9.17) is 4.74 Å². The van der Waals surface area contributed by atoms with Crippen LogP contribution in [0.1, 0.15) is 36.7 Å². The zero-order valence-electron chi connectivity index (χ0n) is 14.0. The van der Waals surface area contributed by atoms with Crippen LogP contribution in [0.25, 0.3) is 0 Å². The molecule has 0 spiro atoms. The molecule has 1 aliphatic heterocycles. The highest BCUT2D eigenvalue weighted by molar-refractivity contribution is 5.84. The maximum atomic E-state index is 13.4. The lowest BCUT2D eigenvalue weighted by Gasteiger charge is -2.46. The van der Waals surface area contributed by atoms with E-state index in [0.29, 0.717) is 13.2 Å². The molecule has 1 amide bonds. The van der Waals surface area contributed by atoms with Crippen molar-refractivity contribution in [3.05, 3.63) is 54.1 Å². The molecule has 0 bridgehead atoms. The largest absolute Gasteiger partial charge is 0.384 e. The van der Waals surface area contributed by atoms with Crippen molar-refractivity contribution >= 4 is 5.91 Å². The second-order valence-electron chi connectivity index (χ2n) is 6.85. The summed E-state index contributed by atoms with van der Waals surface area (Å²) in [5, 5.41) is 0. The number of carbonyl (C=O) groups is 1. The van der Waals surface area contributed by atoms with Gasteiger partial charge in [0.1, 0.15) is 6.04 Å². The van der Waals surface area contributed by atoms with Crippen LogP contribution in [0.3, 0.4) is 0 Å². The van der Waals surface area contributed by atoms with E-state index in [-0.39, 0.29) is 17.4 Å². The maximum absolute atomic E-state index is 13.4. The molecule has 2 aromatic rings. The summed E-state index contributed by atoms with van der Waals surface area (Å²) in [7, 11) is 1.69. The van der Waals surface area contributed by atoms with Gasteiger partial charge in [0.2, 0.25) is 5.91 Å². The van der Waals surface area contributed by atoms with Gasteiger partial charge < -0.3 is 14.2 Å². The minimum absolute atomic E-state index is 0.114. The third-order valence-corrected chi connectivity index (χ3v) is 5.45. The second-order valence-corrected chi connectivity index (χ2v) is 6.85. The number of hydrogen-bond acceptors (Lipinski definition) is 3. The lowest BCUT2D eigenvalue weighted by atomic mass is 9.68. The first kappa shape index (κ1) is 15.4. The molecule has 1 unspecified atom stereocenters. The summed E-state index contributed by atoms with van der Waals surface area (Å²) in [5.74, 6) is 0.221. The van der Waals surface area contributed by atoms with Gasteiger partial charge in [-0.15, -0.1) is 0 Å². The van der Waals surface area contributed by atoms with Gasteiger partial charge in [0, 0.05) is 38.3 Å². The van der Waals surface area contributed by atoms with E-state index < -0.39 is 0 Å². The van der Waals surface area contributed by atoms with Crippen LogP contribution >= 0.6 is 0 Å². The number of nitrogens with zero attached hydrogens (tertiary/aromatic N) is 3. The number of fused-ring (bicyclic) bond motifs is 1. The third kappa shape index (κ3) is 2.35. The fraction of sp³-hybridized carbons (Fsp3) is 0.474. The molecule has 126 valence electrons. The molecule has 1 fully saturated rings. The Morgan fingerprint density at radius 1 is 1.29 bits per heavy atom. The zero-order chi connectivity index (χ0) is 16.6. The van der Waals surface area contributed by atoms with Crippen molar-refractivity contribution in [1.82, 2.24) is 14.5 Å². The Morgan fingerprint density at radius 2 is 2.17 bits per heavy atom. The predicted molar refractivity (Wildman–Crippen MR) is 90.4 cm³/mol. The monoisotopic (exact) mass is 325 g/mol. The molecule has 24 heavy (non-hydrogen) atoms. The van der Waals surface area contributed by atoms with Crippen molar-refractivity contribution in [1.29, 1.82) is 0 Å². The first-order valence-electron chi connectivity index (χ1n) is 8.61. The summed E-state index contributed by atoms with van der Waals surface area (Å²) in [6, 6.07) is 9.95. The van der Waals surface area contributed by atoms with Crippen LogP contribution in [0.5, 0.6) is 0 Å². The first-order chi connectivity index (χ1) is 11.7. The number of amides is 1. The van der Waals surface area contributed by atoms with Gasteiger partial charge in [-0.2, -0.15) is 0 Å². The number of hydrogen-bond donors (Lipinski definition) is 0. The zero-order valence-corrected chi connectivity index (χ0v) is 14.0. The molecule has 0 radical (unpaired) electrons. The second kappa shape index (κ2) is 6.06. The molecule has 0 N–H and O–H groups in total. The number of carbonyl (C=O) groups excluding carboxylic acids is 1. The Balaban J connectivity index is 1.73. The molecule has 5 nitrogen and oxygen atoms in total. The van der Waals surface area contributed by atoms with Crippen molar-refractivity contribution in [2.45, 2.75) is 31.8 Å². The van der Waals surface area contributed by atoms with Crippen LogP contribution in [0.4, 0.5) is 0 Å². The summed E-state index contributed by atoms with van der Waals surface area (Å²) >= 11 is 0. The highest BCUT2D eigenvalue weighted by atomic mass is 16.5. The topological polar surface area (TPSA) is 47.4 Å². The highest BCUT2D eigenvalue weighted by Gasteiger charge is 2.49. The van der Waals surface area contributed by atoms with Crippen LogP contribution in [-0.2, 0) is 16.1 Å². The summed E-state index contributed by atoms with van der Waals surface area (Å²) in [4.78, 5) is 20.0.